The first-order valence-corrected chi connectivity index (χ1v) is 6.68. The third-order valence-electron chi connectivity index (χ3n) is 2.68. The number of rotatable bonds is 4. The van der Waals surface area contributed by atoms with Crippen molar-refractivity contribution in [3.05, 3.63) is 66.7 Å². The van der Waals surface area contributed by atoms with E-state index < -0.39 is 6.09 Å². The minimum atomic E-state index is -0.675. The number of carbonyl (C=O) groups excluding carboxylic acids is 1. The van der Waals surface area contributed by atoms with E-state index in [4.69, 9.17) is 0 Å². The van der Waals surface area contributed by atoms with Gasteiger partial charge in [-0.05, 0) is 31.2 Å². The molecule has 0 N–H and O–H groups in total. The molecule has 0 unspecified atom stereocenters. The van der Waals surface area contributed by atoms with Gasteiger partial charge in [0.1, 0.15) is 0 Å². The number of carbonyl (C=O) groups is 1. The van der Waals surface area contributed by atoms with Gasteiger partial charge in [-0.3, -0.25) is 0 Å². The minimum Gasteiger partial charge on any atom is -0.451 e. The molecule has 0 aliphatic rings. The lowest BCUT2D eigenvalue weighted by Crippen LogP contribution is -2.08. The van der Waals surface area contributed by atoms with Crippen molar-refractivity contribution in [3.63, 3.8) is 0 Å². The van der Waals surface area contributed by atoms with Crippen molar-refractivity contribution in [2.24, 2.45) is 4.99 Å². The molecule has 0 atom stereocenters. The van der Waals surface area contributed by atoms with Gasteiger partial charge in [0.25, 0.3) is 0 Å². The number of methoxy groups -OCH3 is 1. The highest BCUT2D eigenvalue weighted by Crippen LogP contribution is 2.07. The normalized spacial score (nSPS) is 12.2. The molecule has 112 valence electrons. The summed E-state index contributed by atoms with van der Waals surface area (Å²) >= 11 is 0. The zero-order chi connectivity index (χ0) is 15.8. The first-order valence-electron chi connectivity index (χ1n) is 6.68. The fourth-order valence-corrected chi connectivity index (χ4v) is 1.68. The SMILES string of the molecule is C\C=C/C=C\C(=N\C(=O)OC)c1cccc(-n2cccn2)n1. The topological polar surface area (TPSA) is 69.4 Å². The maximum atomic E-state index is 11.4. The second-order valence-electron chi connectivity index (χ2n) is 4.18. The Labute approximate surface area is 128 Å². The van der Waals surface area contributed by atoms with Crippen LogP contribution >= 0.6 is 0 Å². The van der Waals surface area contributed by atoms with Crippen LogP contribution in [0, 0.1) is 0 Å². The van der Waals surface area contributed by atoms with Crippen LogP contribution in [0.5, 0.6) is 0 Å². The van der Waals surface area contributed by atoms with Crippen molar-refractivity contribution in [1.82, 2.24) is 14.8 Å². The van der Waals surface area contributed by atoms with E-state index in [1.54, 1.807) is 35.3 Å². The molecule has 0 fully saturated rings. The predicted octanol–water partition coefficient (Wildman–Crippen LogP) is 2.96. The maximum absolute atomic E-state index is 11.4. The Balaban J connectivity index is 2.41. The van der Waals surface area contributed by atoms with Crippen molar-refractivity contribution >= 4 is 11.8 Å². The average molecular weight is 296 g/mol. The van der Waals surface area contributed by atoms with E-state index in [-0.39, 0.29) is 0 Å². The summed E-state index contributed by atoms with van der Waals surface area (Å²) < 4.78 is 6.22. The minimum absolute atomic E-state index is 0.416. The molecule has 2 heterocycles. The van der Waals surface area contributed by atoms with Crippen molar-refractivity contribution in [3.8, 4) is 5.82 Å². The van der Waals surface area contributed by atoms with Crippen molar-refractivity contribution in [2.45, 2.75) is 6.92 Å². The van der Waals surface area contributed by atoms with E-state index in [2.05, 4.69) is 19.8 Å². The van der Waals surface area contributed by atoms with E-state index in [1.807, 2.05) is 37.3 Å². The van der Waals surface area contributed by atoms with Crippen LogP contribution in [-0.2, 0) is 4.74 Å². The molecular formula is C16H16N4O2. The molecular weight excluding hydrogens is 280 g/mol. The number of ether oxygens (including phenoxy) is 1. The lowest BCUT2D eigenvalue weighted by Gasteiger charge is -2.04. The molecule has 22 heavy (non-hydrogen) atoms. The summed E-state index contributed by atoms with van der Waals surface area (Å²) in [5, 5.41) is 4.13. The number of aromatic nitrogens is 3. The lowest BCUT2D eigenvalue weighted by molar-refractivity contribution is 0.182. The molecule has 0 aromatic carbocycles. The van der Waals surface area contributed by atoms with E-state index in [9.17, 15) is 4.79 Å². The van der Waals surface area contributed by atoms with E-state index in [0.29, 0.717) is 17.2 Å². The summed E-state index contributed by atoms with van der Waals surface area (Å²) in [6, 6.07) is 7.23. The van der Waals surface area contributed by atoms with Crippen LogP contribution in [0.25, 0.3) is 5.82 Å². The van der Waals surface area contributed by atoms with Crippen LogP contribution in [0.1, 0.15) is 12.6 Å². The number of aliphatic imine (C=N–C) groups is 1. The molecule has 1 amide bonds. The van der Waals surface area contributed by atoms with Crippen LogP contribution in [0.2, 0.25) is 0 Å². The molecule has 0 saturated carbocycles. The second-order valence-corrected chi connectivity index (χ2v) is 4.18. The molecule has 0 radical (unpaired) electrons. The fraction of sp³-hybridized carbons (Fsp3) is 0.125. The van der Waals surface area contributed by atoms with Crippen LogP contribution < -0.4 is 0 Å². The van der Waals surface area contributed by atoms with Gasteiger partial charge in [0.15, 0.2) is 5.82 Å². The Morgan fingerprint density at radius 1 is 1.32 bits per heavy atom. The summed E-state index contributed by atoms with van der Waals surface area (Å²) in [6.45, 7) is 1.90. The highest BCUT2D eigenvalue weighted by molar-refractivity contribution is 6.11. The summed E-state index contributed by atoms with van der Waals surface area (Å²) in [4.78, 5) is 19.8. The predicted molar refractivity (Wildman–Crippen MR) is 84.3 cm³/mol. The van der Waals surface area contributed by atoms with Gasteiger partial charge >= 0.3 is 6.09 Å². The molecule has 6 heteroatoms. The fourth-order valence-electron chi connectivity index (χ4n) is 1.68. The first kappa shape index (κ1) is 15.4. The molecule has 2 rings (SSSR count). The highest BCUT2D eigenvalue weighted by atomic mass is 16.5. The zero-order valence-corrected chi connectivity index (χ0v) is 12.4. The monoisotopic (exact) mass is 296 g/mol. The van der Waals surface area contributed by atoms with Crippen molar-refractivity contribution < 1.29 is 9.53 Å². The lowest BCUT2D eigenvalue weighted by atomic mass is 10.2. The van der Waals surface area contributed by atoms with E-state index in [1.165, 1.54) is 7.11 Å². The molecule has 2 aromatic heterocycles. The van der Waals surface area contributed by atoms with Gasteiger partial charge in [0.2, 0.25) is 0 Å². The first-order chi connectivity index (χ1) is 10.7. The van der Waals surface area contributed by atoms with Gasteiger partial charge in [-0.1, -0.05) is 24.3 Å². The Bertz CT molecular complexity index is 716. The van der Waals surface area contributed by atoms with Gasteiger partial charge in [-0.15, -0.1) is 0 Å². The average Bonchev–Trinajstić information content (AvgIpc) is 3.08. The molecule has 0 saturated heterocycles. The van der Waals surface area contributed by atoms with Gasteiger partial charge in [0, 0.05) is 12.4 Å². The molecule has 2 aromatic rings. The van der Waals surface area contributed by atoms with Crippen LogP contribution in [0.4, 0.5) is 4.79 Å². The number of pyridine rings is 1. The zero-order valence-electron chi connectivity index (χ0n) is 12.4. The molecule has 0 spiro atoms. The second kappa shape index (κ2) is 7.68. The Hall–Kier alpha value is -3.02. The molecule has 0 aliphatic heterocycles. The van der Waals surface area contributed by atoms with Gasteiger partial charge in [-0.25, -0.2) is 14.5 Å². The summed E-state index contributed by atoms with van der Waals surface area (Å²) in [7, 11) is 1.28. The summed E-state index contributed by atoms with van der Waals surface area (Å²) in [6.07, 6.45) is 9.98. The molecule has 0 aliphatic carbocycles. The van der Waals surface area contributed by atoms with Gasteiger partial charge in [-0.2, -0.15) is 10.1 Å². The number of amides is 1. The molecule has 0 bridgehead atoms. The largest absolute Gasteiger partial charge is 0.451 e. The van der Waals surface area contributed by atoms with Crippen LogP contribution in [-0.4, -0.2) is 33.7 Å². The summed E-state index contributed by atoms with van der Waals surface area (Å²) in [5.41, 5.74) is 0.970. The van der Waals surface area contributed by atoms with Crippen molar-refractivity contribution in [1.29, 1.82) is 0 Å². The maximum Gasteiger partial charge on any atom is 0.433 e. The molecule has 6 nitrogen and oxygen atoms in total. The number of allylic oxidation sites excluding steroid dienone is 4. The third kappa shape index (κ3) is 3.99. The standard InChI is InChI=1S/C16H16N4O2/c1-3-4-5-8-14(19-16(21)22-2)13-9-6-10-15(18-13)20-12-7-11-17-20/h3-12H,1-2H3/b4-3-,8-5-,19-14-. The Kier molecular flexibility index (Phi) is 5.37. The van der Waals surface area contributed by atoms with Crippen molar-refractivity contribution in [2.75, 3.05) is 7.11 Å². The Morgan fingerprint density at radius 3 is 2.86 bits per heavy atom. The van der Waals surface area contributed by atoms with Crippen LogP contribution in [0.15, 0.2) is 66.0 Å². The third-order valence-corrected chi connectivity index (χ3v) is 2.68. The van der Waals surface area contributed by atoms with E-state index >= 15 is 0 Å². The number of hydrogen-bond acceptors (Lipinski definition) is 4. The van der Waals surface area contributed by atoms with E-state index in [0.717, 1.165) is 0 Å². The summed E-state index contributed by atoms with van der Waals surface area (Å²) in [5.74, 6) is 0.638. The Morgan fingerprint density at radius 2 is 2.18 bits per heavy atom. The highest BCUT2D eigenvalue weighted by Gasteiger charge is 2.07. The smallest absolute Gasteiger partial charge is 0.433 e. The quantitative estimate of drug-likeness (QED) is 0.642. The van der Waals surface area contributed by atoms with Gasteiger partial charge < -0.3 is 4.74 Å². The van der Waals surface area contributed by atoms with Gasteiger partial charge in [0.05, 0.1) is 18.5 Å². The van der Waals surface area contributed by atoms with Crippen LogP contribution in [0.3, 0.4) is 0 Å². The number of nitrogens with zero attached hydrogens (tertiary/aromatic N) is 4. The number of hydrogen-bond donors (Lipinski definition) is 0.